The van der Waals surface area contributed by atoms with Gasteiger partial charge < -0.3 is 22.3 Å². The largest absolute Gasteiger partial charge is 1.00 e. The minimum atomic E-state index is -1.08. The molecule has 2 nitrogen and oxygen atoms in total. The molecule has 0 fully saturated rings. The zero-order valence-corrected chi connectivity index (χ0v) is 18.0. The first kappa shape index (κ1) is 22.4. The normalized spacial score (nSPS) is 3.57. The van der Waals surface area contributed by atoms with Crippen molar-refractivity contribution in [3.63, 3.8) is 0 Å². The van der Waals surface area contributed by atoms with Gasteiger partial charge in [0.25, 0.3) is 0 Å². The Morgan fingerprint density at radius 2 is 1.43 bits per heavy atom. The van der Waals surface area contributed by atoms with E-state index in [1.807, 2.05) is 0 Å². The minimum absolute atomic E-state index is 0. The summed E-state index contributed by atoms with van der Waals surface area (Å²) in [5.41, 5.74) is 0. The number of hydrogen-bond donors (Lipinski definition) is 0. The van der Waals surface area contributed by atoms with Gasteiger partial charge >= 0.3 is 138 Å². The van der Waals surface area contributed by atoms with Crippen LogP contribution in [-0.4, -0.2) is 5.97 Å². The van der Waals surface area contributed by atoms with Gasteiger partial charge in [0.2, 0.25) is 0 Å². The summed E-state index contributed by atoms with van der Waals surface area (Å²) in [7, 11) is 0. The second-order valence-corrected chi connectivity index (χ2v) is 0.492. The van der Waals surface area contributed by atoms with Gasteiger partial charge in [0.1, 0.15) is 0 Å². The van der Waals surface area contributed by atoms with Crippen molar-refractivity contribution in [1.29, 1.82) is 0 Å². The second-order valence-electron chi connectivity index (χ2n) is 0.492. The van der Waals surface area contributed by atoms with Crippen LogP contribution in [0, 0.1) is 0 Å². The predicted octanol–water partition coefficient (Wildman–Crippen LogP) is -10.2. The third-order valence-corrected chi connectivity index (χ3v) is 0. The molecule has 7 heavy (non-hydrogen) atoms. The average molecular weight is 360 g/mol. The number of aliphatic carboxylic acids is 1. The Hall–Kier alpha value is 3.86. The molecule has 0 bridgehead atoms. The summed E-state index contributed by atoms with van der Waals surface area (Å²) in [4.78, 5) is 8.89. The van der Waals surface area contributed by atoms with Crippen molar-refractivity contribution in [3.05, 3.63) is 0 Å². The number of hydrogen-bond acceptors (Lipinski definition) is 2. The maximum absolute atomic E-state index is 8.89. The van der Waals surface area contributed by atoms with E-state index in [4.69, 9.17) is 9.90 Å². The molecule has 0 spiro atoms. The smallest absolute Gasteiger partial charge is 1.00 e. The van der Waals surface area contributed by atoms with Crippen LogP contribution in [0.2, 0.25) is 0 Å². The van der Waals surface area contributed by atoms with Crippen LogP contribution in [0.15, 0.2) is 0 Å². The van der Waals surface area contributed by atoms with Gasteiger partial charge in [-0.15, -0.1) is 0 Å². The number of carbonyl (C=O) groups is 1. The summed E-state index contributed by atoms with van der Waals surface area (Å²) in [6.07, 6.45) is 0. The molecule has 0 heterocycles. The fourth-order valence-corrected chi connectivity index (χ4v) is 0. The van der Waals surface area contributed by atoms with Crippen molar-refractivity contribution in [2.45, 2.75) is 6.92 Å². The summed E-state index contributed by atoms with van der Waals surface area (Å²) < 4.78 is 0. The summed E-state index contributed by atoms with van der Waals surface area (Å²) in [5, 5.41) is 8.89. The fraction of sp³-hybridized carbons (Fsp3) is 0.500. The van der Waals surface area contributed by atoms with E-state index < -0.39 is 5.97 Å². The van der Waals surface area contributed by atoms with Crippen molar-refractivity contribution in [1.82, 2.24) is 0 Å². The van der Waals surface area contributed by atoms with Crippen LogP contribution in [0.5, 0.6) is 0 Å². The first-order chi connectivity index (χ1) is 1.73. The summed E-state index contributed by atoms with van der Waals surface area (Å²) >= 11 is 0. The molecular weight excluding hydrogens is 357 g/mol. The van der Waals surface area contributed by atoms with Crippen molar-refractivity contribution >= 4 is 5.97 Å². The number of carbonyl (C=O) groups excluding carboxylic acids is 1. The first-order valence-corrected chi connectivity index (χ1v) is 0.908. The Bertz CT molecular complexity index is 36.7. The number of carboxylic acid groups (broad SMARTS) is 1. The van der Waals surface area contributed by atoms with Gasteiger partial charge in [-0.1, -0.05) is 0 Å². The van der Waals surface area contributed by atoms with E-state index in [9.17, 15) is 0 Å². The number of halogens is 1. The van der Waals surface area contributed by atoms with E-state index in [1.165, 1.54) is 0 Å². The molecule has 0 rings (SSSR count). The first-order valence-electron chi connectivity index (χ1n) is 0.908. The molecule has 0 aromatic carbocycles. The van der Waals surface area contributed by atoms with Gasteiger partial charge in [0.05, 0.1) is 0 Å². The summed E-state index contributed by atoms with van der Waals surface area (Å²) in [6, 6.07) is 0. The third kappa shape index (κ3) is 40.9. The standard InChI is InChI=1S/C2H4O2.ClH.2Cs/c1-2(3)4;;;/h1H3,(H,3,4);1H;;/q;;2*+1/p-2. The Morgan fingerprint density at radius 3 is 1.43 bits per heavy atom. The molecule has 0 saturated heterocycles. The minimum Gasteiger partial charge on any atom is -1.00 e. The molecule has 0 saturated carbocycles. The van der Waals surface area contributed by atoms with Crippen LogP contribution in [0.4, 0.5) is 0 Å². The van der Waals surface area contributed by atoms with Crippen molar-refractivity contribution < 1.29 is 160 Å². The van der Waals surface area contributed by atoms with Gasteiger partial charge in [-0.3, -0.25) is 0 Å². The molecule has 0 N–H and O–H groups in total. The Kier molecular flexibility index (Phi) is 52.7. The Labute approximate surface area is 167 Å². The van der Waals surface area contributed by atoms with Gasteiger partial charge in [0.15, 0.2) is 0 Å². The van der Waals surface area contributed by atoms with E-state index in [-0.39, 0.29) is 150 Å². The van der Waals surface area contributed by atoms with E-state index in [2.05, 4.69) is 0 Å². The zero-order chi connectivity index (χ0) is 3.58. The van der Waals surface area contributed by atoms with Gasteiger partial charge in [0, 0.05) is 5.97 Å². The number of rotatable bonds is 0. The molecule has 0 radical (unpaired) electrons. The molecule has 0 aliphatic rings. The van der Waals surface area contributed by atoms with Crippen molar-refractivity contribution in [2.75, 3.05) is 0 Å². The maximum atomic E-state index is 8.89. The second kappa shape index (κ2) is 16.4. The van der Waals surface area contributed by atoms with Crippen molar-refractivity contribution in [2.24, 2.45) is 0 Å². The SMILES string of the molecule is CC(=O)[O-].[Cl-].[Cs+].[Cs+]. The third-order valence-electron chi connectivity index (χ3n) is 0. The van der Waals surface area contributed by atoms with E-state index in [0.29, 0.717) is 0 Å². The molecular formula is C2H3ClCs2O2. The summed E-state index contributed by atoms with van der Waals surface area (Å²) in [6.45, 7) is 0.972. The monoisotopic (exact) mass is 360 g/mol. The maximum Gasteiger partial charge on any atom is 1.00 e. The Morgan fingerprint density at radius 1 is 1.43 bits per heavy atom. The summed E-state index contributed by atoms with van der Waals surface area (Å²) in [5.74, 6) is -1.08. The Balaban J connectivity index is -0.0000000150. The quantitative estimate of drug-likeness (QED) is 0.431. The topological polar surface area (TPSA) is 40.1 Å². The van der Waals surface area contributed by atoms with Gasteiger partial charge in [-0.25, -0.2) is 0 Å². The van der Waals surface area contributed by atoms with Crippen LogP contribution in [0.1, 0.15) is 6.92 Å². The molecule has 0 aromatic rings. The van der Waals surface area contributed by atoms with E-state index in [0.717, 1.165) is 6.92 Å². The average Bonchev–Trinajstić information content (AvgIpc) is 0.811. The molecule has 0 atom stereocenters. The van der Waals surface area contributed by atoms with Crippen LogP contribution in [0.25, 0.3) is 0 Å². The van der Waals surface area contributed by atoms with Gasteiger partial charge in [-0.05, 0) is 6.92 Å². The van der Waals surface area contributed by atoms with E-state index >= 15 is 0 Å². The van der Waals surface area contributed by atoms with Crippen LogP contribution < -0.4 is 155 Å². The van der Waals surface area contributed by atoms with Crippen LogP contribution in [-0.2, 0) is 4.79 Å². The molecule has 0 amide bonds. The molecule has 0 aromatic heterocycles. The molecule has 32 valence electrons. The molecule has 5 heteroatoms. The van der Waals surface area contributed by atoms with Crippen LogP contribution in [0.3, 0.4) is 0 Å². The fourth-order valence-electron chi connectivity index (χ4n) is 0. The molecule has 0 aliphatic carbocycles. The zero-order valence-electron chi connectivity index (χ0n) is 4.69. The molecule has 0 unspecified atom stereocenters. The molecule has 0 aliphatic heterocycles. The predicted molar refractivity (Wildman–Crippen MR) is 10.7 cm³/mol. The number of carboxylic acids is 1. The van der Waals surface area contributed by atoms with Crippen molar-refractivity contribution in [3.8, 4) is 0 Å². The van der Waals surface area contributed by atoms with E-state index in [1.54, 1.807) is 0 Å². The van der Waals surface area contributed by atoms with Gasteiger partial charge in [-0.2, -0.15) is 0 Å². The van der Waals surface area contributed by atoms with Crippen LogP contribution >= 0.6 is 0 Å².